The number of esters is 1. The van der Waals surface area contributed by atoms with Crippen LogP contribution < -0.4 is 4.74 Å². The molecule has 0 aliphatic heterocycles. The fourth-order valence-electron chi connectivity index (χ4n) is 2.86. The van der Waals surface area contributed by atoms with Gasteiger partial charge in [-0.05, 0) is 49.4 Å². The molecule has 124 valence electrons. The number of ketones is 1. The Labute approximate surface area is 140 Å². The number of nitrogens with zero attached hydrogens (tertiary/aromatic N) is 1. The summed E-state index contributed by atoms with van der Waals surface area (Å²) in [6, 6.07) is 8.86. The van der Waals surface area contributed by atoms with Crippen LogP contribution in [0, 0.1) is 0 Å². The summed E-state index contributed by atoms with van der Waals surface area (Å²) in [6.45, 7) is 1.59. The lowest BCUT2D eigenvalue weighted by Crippen LogP contribution is -2.24. The second kappa shape index (κ2) is 6.83. The smallest absolute Gasteiger partial charge is 0.340 e. The van der Waals surface area contributed by atoms with Crippen molar-refractivity contribution in [3.8, 4) is 5.88 Å². The molecule has 0 amide bonds. The van der Waals surface area contributed by atoms with Gasteiger partial charge in [0.15, 0.2) is 6.10 Å². The minimum Gasteiger partial charge on any atom is -0.481 e. The Morgan fingerprint density at radius 2 is 1.83 bits per heavy atom. The van der Waals surface area contributed by atoms with Crippen LogP contribution in [-0.2, 0) is 17.6 Å². The SMILES string of the molecule is COc1ccc(C(=O)O[C@@H](C)C(=O)c2ccc3c(c2)CCC3)cn1. The minimum absolute atomic E-state index is 0.195. The number of pyridine rings is 1. The Balaban J connectivity index is 1.68. The highest BCUT2D eigenvalue weighted by atomic mass is 16.5. The molecule has 1 aliphatic rings. The van der Waals surface area contributed by atoms with Crippen molar-refractivity contribution in [2.75, 3.05) is 7.11 Å². The van der Waals surface area contributed by atoms with Crippen molar-refractivity contribution >= 4 is 11.8 Å². The molecule has 24 heavy (non-hydrogen) atoms. The lowest BCUT2D eigenvalue weighted by atomic mass is 10.0. The number of fused-ring (bicyclic) bond motifs is 1. The number of carbonyl (C=O) groups is 2. The Bertz CT molecular complexity index is 767. The first-order valence-corrected chi connectivity index (χ1v) is 7.95. The maximum absolute atomic E-state index is 12.5. The fourth-order valence-corrected chi connectivity index (χ4v) is 2.86. The van der Waals surface area contributed by atoms with Crippen molar-refractivity contribution < 1.29 is 19.1 Å². The zero-order chi connectivity index (χ0) is 17.1. The number of Topliss-reactive ketones (excluding diaryl/α,β-unsaturated/α-hetero) is 1. The van der Waals surface area contributed by atoms with Gasteiger partial charge in [0.25, 0.3) is 0 Å². The summed E-state index contributed by atoms with van der Waals surface area (Å²) in [6.07, 6.45) is 3.72. The van der Waals surface area contributed by atoms with Crippen LogP contribution in [-0.4, -0.2) is 30.0 Å². The largest absolute Gasteiger partial charge is 0.481 e. The third kappa shape index (κ3) is 3.30. The topological polar surface area (TPSA) is 65.5 Å². The third-order valence-electron chi connectivity index (χ3n) is 4.22. The van der Waals surface area contributed by atoms with Crippen molar-refractivity contribution in [3.63, 3.8) is 0 Å². The van der Waals surface area contributed by atoms with Gasteiger partial charge in [-0.1, -0.05) is 12.1 Å². The van der Waals surface area contributed by atoms with Crippen molar-refractivity contribution in [2.24, 2.45) is 0 Å². The van der Waals surface area contributed by atoms with Crippen LogP contribution in [0.1, 0.15) is 45.2 Å². The van der Waals surface area contributed by atoms with Gasteiger partial charge < -0.3 is 9.47 Å². The van der Waals surface area contributed by atoms with Crippen LogP contribution in [0.4, 0.5) is 0 Å². The Kier molecular flexibility index (Phi) is 4.60. The van der Waals surface area contributed by atoms with Gasteiger partial charge in [0, 0.05) is 17.8 Å². The first kappa shape index (κ1) is 16.2. The second-order valence-electron chi connectivity index (χ2n) is 5.84. The quantitative estimate of drug-likeness (QED) is 0.624. The molecule has 0 fully saturated rings. The van der Waals surface area contributed by atoms with Gasteiger partial charge in [0.1, 0.15) is 0 Å². The van der Waals surface area contributed by atoms with Crippen LogP contribution in [0.15, 0.2) is 36.5 Å². The van der Waals surface area contributed by atoms with Crippen molar-refractivity contribution in [1.82, 2.24) is 4.98 Å². The molecule has 0 saturated carbocycles. The molecule has 0 unspecified atom stereocenters. The predicted octanol–water partition coefficient (Wildman–Crippen LogP) is 3.01. The summed E-state index contributed by atoms with van der Waals surface area (Å²) in [4.78, 5) is 28.6. The highest BCUT2D eigenvalue weighted by Crippen LogP contribution is 2.23. The average molecular weight is 325 g/mol. The number of rotatable bonds is 5. The second-order valence-corrected chi connectivity index (χ2v) is 5.84. The molecule has 0 saturated heterocycles. The number of hydrogen-bond acceptors (Lipinski definition) is 5. The van der Waals surface area contributed by atoms with Crippen molar-refractivity contribution in [2.45, 2.75) is 32.3 Å². The van der Waals surface area contributed by atoms with E-state index in [1.165, 1.54) is 24.4 Å². The molecule has 1 heterocycles. The van der Waals surface area contributed by atoms with Crippen molar-refractivity contribution in [3.05, 3.63) is 58.8 Å². The first-order chi connectivity index (χ1) is 11.6. The summed E-state index contributed by atoms with van der Waals surface area (Å²) < 4.78 is 10.2. The molecule has 1 aromatic heterocycles. The zero-order valence-electron chi connectivity index (χ0n) is 13.7. The third-order valence-corrected chi connectivity index (χ3v) is 4.22. The van der Waals surface area contributed by atoms with E-state index in [4.69, 9.17) is 9.47 Å². The van der Waals surface area contributed by atoms with Crippen LogP contribution in [0.25, 0.3) is 0 Å². The van der Waals surface area contributed by atoms with Gasteiger partial charge in [-0.15, -0.1) is 0 Å². The van der Waals surface area contributed by atoms with Gasteiger partial charge in [0.05, 0.1) is 12.7 Å². The highest BCUT2D eigenvalue weighted by molar-refractivity contribution is 6.01. The molecule has 5 heteroatoms. The van der Waals surface area contributed by atoms with Gasteiger partial charge in [-0.25, -0.2) is 9.78 Å². The summed E-state index contributed by atoms with van der Waals surface area (Å²) in [5.41, 5.74) is 3.40. The lowest BCUT2D eigenvalue weighted by molar-refractivity contribution is 0.0318. The van der Waals surface area contributed by atoms with E-state index in [1.54, 1.807) is 19.1 Å². The minimum atomic E-state index is -0.848. The van der Waals surface area contributed by atoms with Crippen LogP contribution in [0.2, 0.25) is 0 Å². The number of aromatic nitrogens is 1. The Morgan fingerprint density at radius 1 is 1.08 bits per heavy atom. The van der Waals surface area contributed by atoms with E-state index in [2.05, 4.69) is 4.98 Å². The van der Waals surface area contributed by atoms with Crippen LogP contribution >= 0.6 is 0 Å². The van der Waals surface area contributed by atoms with E-state index in [0.29, 0.717) is 11.4 Å². The zero-order valence-corrected chi connectivity index (χ0v) is 13.7. The molecule has 1 aromatic carbocycles. The van der Waals surface area contributed by atoms with E-state index < -0.39 is 12.1 Å². The average Bonchev–Trinajstić information content (AvgIpc) is 3.08. The summed E-state index contributed by atoms with van der Waals surface area (Å²) in [5, 5.41) is 0. The maximum atomic E-state index is 12.5. The predicted molar refractivity (Wildman–Crippen MR) is 88.5 cm³/mol. The van der Waals surface area contributed by atoms with E-state index >= 15 is 0 Å². The fraction of sp³-hybridized carbons (Fsp3) is 0.316. The molecule has 0 spiro atoms. The normalized spacial score (nSPS) is 13.9. The summed E-state index contributed by atoms with van der Waals surface area (Å²) >= 11 is 0. The van der Waals surface area contributed by atoms with E-state index in [1.807, 2.05) is 18.2 Å². The van der Waals surface area contributed by atoms with E-state index in [9.17, 15) is 9.59 Å². The number of benzene rings is 1. The number of aryl methyl sites for hydroxylation is 2. The molecule has 0 radical (unpaired) electrons. The highest BCUT2D eigenvalue weighted by Gasteiger charge is 2.22. The number of carbonyl (C=O) groups excluding carboxylic acids is 2. The van der Waals surface area contributed by atoms with E-state index in [0.717, 1.165) is 19.3 Å². The maximum Gasteiger partial charge on any atom is 0.340 e. The van der Waals surface area contributed by atoms with Crippen LogP contribution in [0.3, 0.4) is 0 Å². The van der Waals surface area contributed by atoms with Crippen LogP contribution in [0.5, 0.6) is 5.88 Å². The Hall–Kier alpha value is -2.69. The van der Waals surface area contributed by atoms with Gasteiger partial charge in [-0.3, -0.25) is 4.79 Å². The monoisotopic (exact) mass is 325 g/mol. The molecule has 0 N–H and O–H groups in total. The van der Waals surface area contributed by atoms with E-state index in [-0.39, 0.29) is 11.3 Å². The number of hydrogen-bond donors (Lipinski definition) is 0. The molecule has 2 aromatic rings. The Morgan fingerprint density at radius 3 is 2.54 bits per heavy atom. The molecule has 1 atom stereocenters. The lowest BCUT2D eigenvalue weighted by Gasteiger charge is -2.13. The summed E-state index contributed by atoms with van der Waals surface area (Å²) in [7, 11) is 1.50. The number of methoxy groups -OCH3 is 1. The molecular formula is C19H19NO4. The van der Waals surface area contributed by atoms with Crippen molar-refractivity contribution in [1.29, 1.82) is 0 Å². The number of ether oxygens (including phenoxy) is 2. The molecule has 0 bridgehead atoms. The van der Waals surface area contributed by atoms with Gasteiger partial charge in [-0.2, -0.15) is 0 Å². The molecule has 1 aliphatic carbocycles. The molecule has 3 rings (SSSR count). The van der Waals surface area contributed by atoms with Gasteiger partial charge in [0.2, 0.25) is 11.7 Å². The molecular weight excluding hydrogens is 306 g/mol. The standard InChI is InChI=1S/C19H19NO4/c1-12(24-19(22)16-8-9-17(23-2)20-11-16)18(21)15-7-6-13-4-3-5-14(13)10-15/h6-12H,3-5H2,1-2H3/t12-/m0/s1. The first-order valence-electron chi connectivity index (χ1n) is 7.95. The molecule has 5 nitrogen and oxygen atoms in total. The van der Waals surface area contributed by atoms with Gasteiger partial charge >= 0.3 is 5.97 Å². The summed E-state index contributed by atoms with van der Waals surface area (Å²) in [5.74, 6) is -0.361.